The predicted molar refractivity (Wildman–Crippen MR) is 149 cm³/mol. The fourth-order valence-electron chi connectivity index (χ4n) is 4.96. The van der Waals surface area contributed by atoms with Crippen LogP contribution in [0.3, 0.4) is 0 Å². The number of aromatic nitrogens is 2. The van der Waals surface area contributed by atoms with Crippen molar-refractivity contribution in [2.45, 2.75) is 25.9 Å². The number of hydrogen-bond donors (Lipinski definition) is 1. The summed E-state index contributed by atoms with van der Waals surface area (Å²) in [4.78, 5) is 19.4. The Hall–Kier alpha value is -3.49. The van der Waals surface area contributed by atoms with Gasteiger partial charge in [-0.2, -0.15) is 0 Å². The van der Waals surface area contributed by atoms with Gasteiger partial charge in [0.15, 0.2) is 5.11 Å². The molecule has 1 fully saturated rings. The van der Waals surface area contributed by atoms with Crippen LogP contribution < -0.4 is 10.2 Å². The Bertz CT molecular complexity index is 1440. The van der Waals surface area contributed by atoms with E-state index in [1.807, 2.05) is 55.5 Å². The second kappa shape index (κ2) is 9.87. The number of rotatable bonds is 5. The first-order chi connectivity index (χ1) is 17.4. The van der Waals surface area contributed by atoms with Gasteiger partial charge in [-0.1, -0.05) is 34.1 Å². The number of benzene rings is 2. The zero-order valence-corrected chi connectivity index (χ0v) is 22.5. The molecule has 5 rings (SSSR count). The van der Waals surface area contributed by atoms with E-state index in [0.29, 0.717) is 10.7 Å². The second-order valence-electron chi connectivity index (χ2n) is 8.64. The summed E-state index contributed by atoms with van der Waals surface area (Å²) in [7, 11) is 1.40. The van der Waals surface area contributed by atoms with E-state index in [2.05, 4.69) is 60.8 Å². The van der Waals surface area contributed by atoms with Gasteiger partial charge in [-0.15, -0.1) is 0 Å². The second-order valence-corrected chi connectivity index (χ2v) is 9.95. The number of carbonyl (C=O) groups excluding carboxylic acids is 1. The normalized spacial score (nSPS) is 17.2. The Morgan fingerprint density at radius 3 is 2.47 bits per heavy atom. The molecule has 0 unspecified atom stereocenters. The number of anilines is 1. The van der Waals surface area contributed by atoms with E-state index in [0.717, 1.165) is 38.5 Å². The number of para-hydroxylation sites is 1. The van der Waals surface area contributed by atoms with Gasteiger partial charge in [0.2, 0.25) is 0 Å². The Kier molecular flexibility index (Phi) is 6.64. The summed E-state index contributed by atoms with van der Waals surface area (Å²) in [6.45, 7) is 4.12. The molecule has 4 aromatic rings. The molecule has 36 heavy (non-hydrogen) atoms. The Labute approximate surface area is 224 Å². The molecule has 0 aliphatic carbocycles. The molecule has 2 aromatic heterocycles. The standard InChI is InChI=1S/C28H25BrN4O2S/c1-17-16-22(18(2)32(17)24-10-5-4-8-21(24)27(34)35-3)26-25(23-9-6-7-15-30-23)31-28(36)33(26)20-13-11-19(29)12-14-20/h4-16,25-26H,1-3H3,(H,31,36)/t25-,26+/m1/s1. The van der Waals surface area contributed by atoms with Gasteiger partial charge in [-0.05, 0) is 86.2 Å². The van der Waals surface area contributed by atoms with Crippen LogP contribution in [0.1, 0.15) is 45.1 Å². The van der Waals surface area contributed by atoms with Crippen molar-refractivity contribution in [1.82, 2.24) is 14.9 Å². The number of halogens is 1. The van der Waals surface area contributed by atoms with Gasteiger partial charge < -0.3 is 19.5 Å². The third-order valence-corrected chi connectivity index (χ3v) is 7.39. The molecule has 1 aliphatic heterocycles. The van der Waals surface area contributed by atoms with Crippen molar-refractivity contribution in [2.24, 2.45) is 0 Å². The monoisotopic (exact) mass is 560 g/mol. The summed E-state index contributed by atoms with van der Waals surface area (Å²) < 4.78 is 8.17. The van der Waals surface area contributed by atoms with Crippen molar-refractivity contribution in [3.63, 3.8) is 0 Å². The third-order valence-electron chi connectivity index (χ3n) is 6.54. The summed E-state index contributed by atoms with van der Waals surface area (Å²) in [6, 6.07) is 23.4. The number of hydrogen-bond acceptors (Lipinski definition) is 4. The number of aryl methyl sites for hydroxylation is 1. The largest absolute Gasteiger partial charge is 0.465 e. The molecule has 6 nitrogen and oxygen atoms in total. The molecular formula is C28H25BrN4O2S. The summed E-state index contributed by atoms with van der Waals surface area (Å²) in [6.07, 6.45) is 1.80. The van der Waals surface area contributed by atoms with E-state index < -0.39 is 0 Å². The van der Waals surface area contributed by atoms with Crippen LogP contribution in [0.5, 0.6) is 0 Å². The zero-order valence-electron chi connectivity index (χ0n) is 20.1. The van der Waals surface area contributed by atoms with E-state index in [9.17, 15) is 4.79 Å². The van der Waals surface area contributed by atoms with Crippen molar-refractivity contribution < 1.29 is 9.53 Å². The lowest BCUT2D eigenvalue weighted by Crippen LogP contribution is -2.29. The molecule has 0 saturated carbocycles. The van der Waals surface area contributed by atoms with Crippen LogP contribution >= 0.6 is 28.1 Å². The number of esters is 1. The molecule has 1 N–H and O–H groups in total. The quantitative estimate of drug-likeness (QED) is 0.231. The van der Waals surface area contributed by atoms with Crippen LogP contribution in [0.25, 0.3) is 5.69 Å². The summed E-state index contributed by atoms with van der Waals surface area (Å²) in [5.41, 5.74) is 6.31. The van der Waals surface area contributed by atoms with Crippen molar-refractivity contribution >= 4 is 44.9 Å². The number of ether oxygens (including phenoxy) is 1. The Morgan fingerprint density at radius 2 is 1.78 bits per heavy atom. The van der Waals surface area contributed by atoms with Crippen molar-refractivity contribution in [1.29, 1.82) is 0 Å². The van der Waals surface area contributed by atoms with Gasteiger partial charge in [-0.3, -0.25) is 4.98 Å². The highest BCUT2D eigenvalue weighted by Crippen LogP contribution is 2.44. The van der Waals surface area contributed by atoms with Crippen molar-refractivity contribution in [3.8, 4) is 5.69 Å². The molecule has 0 radical (unpaired) electrons. The lowest BCUT2D eigenvalue weighted by molar-refractivity contribution is 0.0600. The number of carbonyl (C=O) groups is 1. The lowest BCUT2D eigenvalue weighted by atomic mass is 9.96. The molecule has 1 aliphatic rings. The fourth-order valence-corrected chi connectivity index (χ4v) is 5.57. The third kappa shape index (κ3) is 4.20. The van der Waals surface area contributed by atoms with Gasteiger partial charge in [0, 0.05) is 27.7 Å². The fraction of sp³-hybridized carbons (Fsp3) is 0.179. The molecule has 2 aromatic carbocycles. The highest BCUT2D eigenvalue weighted by molar-refractivity contribution is 9.10. The molecule has 0 amide bonds. The van der Waals surface area contributed by atoms with Crippen LogP contribution in [0.4, 0.5) is 5.69 Å². The van der Waals surface area contributed by atoms with Crippen molar-refractivity contribution in [3.05, 3.63) is 112 Å². The maximum absolute atomic E-state index is 12.6. The predicted octanol–water partition coefficient (Wildman–Crippen LogP) is 6.22. The number of pyridine rings is 1. The van der Waals surface area contributed by atoms with E-state index in [1.165, 1.54) is 7.11 Å². The minimum absolute atomic E-state index is 0.154. The number of thiocarbonyl (C=S) groups is 1. The summed E-state index contributed by atoms with van der Waals surface area (Å²) in [5, 5.41) is 4.15. The minimum Gasteiger partial charge on any atom is -0.465 e. The lowest BCUT2D eigenvalue weighted by Gasteiger charge is -2.28. The van der Waals surface area contributed by atoms with E-state index >= 15 is 0 Å². The molecule has 0 spiro atoms. The van der Waals surface area contributed by atoms with Crippen LogP contribution in [0.2, 0.25) is 0 Å². The van der Waals surface area contributed by atoms with Gasteiger partial charge in [0.05, 0.1) is 36.1 Å². The number of methoxy groups -OCH3 is 1. The maximum atomic E-state index is 12.6. The van der Waals surface area contributed by atoms with Crippen molar-refractivity contribution in [2.75, 3.05) is 12.0 Å². The van der Waals surface area contributed by atoms with Crippen LogP contribution in [-0.2, 0) is 4.74 Å². The minimum atomic E-state index is -0.369. The van der Waals surface area contributed by atoms with Gasteiger partial charge in [-0.25, -0.2) is 4.79 Å². The maximum Gasteiger partial charge on any atom is 0.339 e. The first kappa shape index (κ1) is 24.2. The van der Waals surface area contributed by atoms with Crippen LogP contribution in [0.15, 0.2) is 83.5 Å². The average Bonchev–Trinajstić information content (AvgIpc) is 3.39. The number of nitrogens with one attached hydrogen (secondary N) is 1. The zero-order chi connectivity index (χ0) is 25.4. The Morgan fingerprint density at radius 1 is 1.06 bits per heavy atom. The van der Waals surface area contributed by atoms with E-state index in [1.54, 1.807) is 12.3 Å². The molecule has 0 bridgehead atoms. The SMILES string of the molecule is COC(=O)c1ccccc1-n1c(C)cc([C@H]2[C@@H](c3ccccn3)NC(=S)N2c2ccc(Br)cc2)c1C. The average molecular weight is 562 g/mol. The Balaban J connectivity index is 1.69. The molecular weight excluding hydrogens is 536 g/mol. The highest BCUT2D eigenvalue weighted by Gasteiger charge is 2.42. The molecule has 3 heterocycles. The summed E-state index contributed by atoms with van der Waals surface area (Å²) >= 11 is 9.40. The number of nitrogens with zero attached hydrogens (tertiary/aromatic N) is 3. The van der Waals surface area contributed by atoms with Crippen LogP contribution in [-0.4, -0.2) is 27.7 Å². The van der Waals surface area contributed by atoms with E-state index in [4.69, 9.17) is 17.0 Å². The van der Waals surface area contributed by atoms with Crippen LogP contribution in [0, 0.1) is 13.8 Å². The smallest absolute Gasteiger partial charge is 0.339 e. The first-order valence-corrected chi connectivity index (χ1v) is 12.7. The summed E-state index contributed by atoms with van der Waals surface area (Å²) in [5.74, 6) is -0.369. The molecule has 1 saturated heterocycles. The van der Waals surface area contributed by atoms with Gasteiger partial charge in [0.1, 0.15) is 0 Å². The topological polar surface area (TPSA) is 59.4 Å². The molecule has 8 heteroatoms. The van der Waals surface area contributed by atoms with E-state index in [-0.39, 0.29) is 18.1 Å². The molecule has 2 atom stereocenters. The van der Waals surface area contributed by atoms with Gasteiger partial charge in [0.25, 0.3) is 0 Å². The first-order valence-electron chi connectivity index (χ1n) is 11.5. The highest BCUT2D eigenvalue weighted by atomic mass is 79.9. The molecule has 182 valence electrons. The van der Waals surface area contributed by atoms with Gasteiger partial charge >= 0.3 is 5.97 Å².